The van der Waals surface area contributed by atoms with Crippen LogP contribution in [0.4, 0.5) is 0 Å². The number of aromatic nitrogens is 3. The highest BCUT2D eigenvalue weighted by molar-refractivity contribution is 6.31. The number of hydrogen-bond acceptors (Lipinski definition) is 3. The van der Waals surface area contributed by atoms with Crippen molar-refractivity contribution in [2.75, 3.05) is 0 Å². The van der Waals surface area contributed by atoms with Crippen molar-refractivity contribution in [2.45, 2.75) is 6.92 Å². The lowest BCUT2D eigenvalue weighted by molar-refractivity contribution is 0.0699. The molecule has 0 atom stereocenters. The van der Waals surface area contributed by atoms with Crippen molar-refractivity contribution in [1.29, 1.82) is 0 Å². The molecule has 0 saturated heterocycles. The van der Waals surface area contributed by atoms with E-state index in [2.05, 4.69) is 10.1 Å². The molecule has 5 nitrogen and oxygen atoms in total. The van der Waals surface area contributed by atoms with E-state index in [0.717, 1.165) is 11.3 Å². The van der Waals surface area contributed by atoms with Gasteiger partial charge >= 0.3 is 5.97 Å². The summed E-state index contributed by atoms with van der Waals surface area (Å²) >= 11 is 5.95. The number of hydrogen-bond donors (Lipinski definition) is 1. The molecule has 0 spiro atoms. The van der Waals surface area contributed by atoms with Gasteiger partial charge in [0.1, 0.15) is 0 Å². The Labute approximate surface area is 125 Å². The van der Waals surface area contributed by atoms with E-state index in [4.69, 9.17) is 11.6 Å². The smallest absolute Gasteiger partial charge is 0.336 e. The van der Waals surface area contributed by atoms with Crippen molar-refractivity contribution in [3.05, 3.63) is 46.7 Å². The summed E-state index contributed by atoms with van der Waals surface area (Å²) in [6.45, 7) is 1.86. The number of pyridine rings is 1. The average Bonchev–Trinajstić information content (AvgIpc) is 2.76. The predicted octanol–water partition coefficient (Wildman–Crippen LogP) is 3.30. The third-order valence-corrected chi connectivity index (χ3v) is 3.53. The molecular formula is C15H12ClN3O2. The van der Waals surface area contributed by atoms with Gasteiger partial charge in [0.05, 0.1) is 22.5 Å². The minimum atomic E-state index is -1.01. The molecule has 106 valence electrons. The summed E-state index contributed by atoms with van der Waals surface area (Å²) in [5.74, 6) is -1.01. The van der Waals surface area contributed by atoms with Crippen molar-refractivity contribution in [2.24, 2.45) is 7.05 Å². The second kappa shape index (κ2) is 4.86. The van der Waals surface area contributed by atoms with Crippen LogP contribution in [0.3, 0.4) is 0 Å². The maximum atomic E-state index is 11.5. The zero-order chi connectivity index (χ0) is 15.1. The fraction of sp³-hybridized carbons (Fsp3) is 0.133. The molecule has 0 aliphatic heterocycles. The van der Waals surface area contributed by atoms with Gasteiger partial charge in [-0.25, -0.2) is 9.78 Å². The molecule has 0 unspecified atom stereocenters. The summed E-state index contributed by atoms with van der Waals surface area (Å²) in [6, 6.07) is 6.60. The number of benzene rings is 1. The zero-order valence-corrected chi connectivity index (χ0v) is 12.2. The summed E-state index contributed by atoms with van der Waals surface area (Å²) in [4.78, 5) is 16.0. The van der Waals surface area contributed by atoms with Crippen LogP contribution in [0.5, 0.6) is 0 Å². The summed E-state index contributed by atoms with van der Waals surface area (Å²) in [7, 11) is 1.81. The second-order valence-electron chi connectivity index (χ2n) is 4.82. The van der Waals surface area contributed by atoms with Crippen molar-refractivity contribution < 1.29 is 9.90 Å². The number of aryl methyl sites for hydroxylation is 2. The highest BCUT2D eigenvalue weighted by Crippen LogP contribution is 2.28. The maximum absolute atomic E-state index is 11.5. The predicted molar refractivity (Wildman–Crippen MR) is 80.7 cm³/mol. The molecule has 0 amide bonds. The molecule has 0 bridgehead atoms. The molecule has 2 heterocycles. The first kappa shape index (κ1) is 13.6. The van der Waals surface area contributed by atoms with E-state index in [1.165, 1.54) is 0 Å². The number of aromatic carboxylic acids is 1. The van der Waals surface area contributed by atoms with Gasteiger partial charge in [0.15, 0.2) is 0 Å². The van der Waals surface area contributed by atoms with Gasteiger partial charge in [-0.2, -0.15) is 5.10 Å². The van der Waals surface area contributed by atoms with Crippen LogP contribution in [0, 0.1) is 6.92 Å². The highest BCUT2D eigenvalue weighted by atomic mass is 35.5. The van der Waals surface area contributed by atoms with Gasteiger partial charge in [-0.05, 0) is 31.2 Å². The highest BCUT2D eigenvalue weighted by Gasteiger charge is 2.15. The summed E-state index contributed by atoms with van der Waals surface area (Å²) in [5, 5.41) is 14.7. The number of carboxylic acids is 1. The lowest BCUT2D eigenvalue weighted by atomic mass is 10.0. The van der Waals surface area contributed by atoms with E-state index in [1.54, 1.807) is 28.9 Å². The Kier molecular flexibility index (Phi) is 3.14. The summed E-state index contributed by atoms with van der Waals surface area (Å²) < 4.78 is 1.68. The number of nitrogens with zero attached hydrogens (tertiary/aromatic N) is 3. The molecule has 0 radical (unpaired) electrons. The van der Waals surface area contributed by atoms with Gasteiger partial charge in [-0.3, -0.25) is 4.68 Å². The lowest BCUT2D eigenvalue weighted by Crippen LogP contribution is -2.00. The Balaban J connectivity index is 2.33. The lowest BCUT2D eigenvalue weighted by Gasteiger charge is -2.06. The van der Waals surface area contributed by atoms with Gasteiger partial charge in [-0.15, -0.1) is 0 Å². The number of rotatable bonds is 2. The van der Waals surface area contributed by atoms with Crippen LogP contribution in [-0.2, 0) is 7.05 Å². The molecule has 2 aromatic heterocycles. The summed E-state index contributed by atoms with van der Waals surface area (Å²) in [5.41, 5.74) is 2.98. The van der Waals surface area contributed by atoms with Crippen molar-refractivity contribution in [3.63, 3.8) is 0 Å². The quantitative estimate of drug-likeness (QED) is 0.788. The number of carbonyl (C=O) groups is 1. The Hall–Kier alpha value is -2.40. The van der Waals surface area contributed by atoms with Crippen LogP contribution in [0.15, 0.2) is 30.5 Å². The Morgan fingerprint density at radius 2 is 2.10 bits per heavy atom. The van der Waals surface area contributed by atoms with Crippen molar-refractivity contribution >= 4 is 28.5 Å². The number of carboxylic acid groups (broad SMARTS) is 1. The largest absolute Gasteiger partial charge is 0.478 e. The molecule has 0 fully saturated rings. The van der Waals surface area contributed by atoms with Gasteiger partial charge in [0.2, 0.25) is 0 Å². The minimum Gasteiger partial charge on any atom is -0.478 e. The molecular weight excluding hydrogens is 290 g/mol. The van der Waals surface area contributed by atoms with Gasteiger partial charge in [0.25, 0.3) is 0 Å². The normalized spacial score (nSPS) is 11.0. The van der Waals surface area contributed by atoms with Gasteiger partial charge in [-0.1, -0.05) is 11.6 Å². The van der Waals surface area contributed by atoms with Crippen molar-refractivity contribution in [3.8, 4) is 11.3 Å². The van der Waals surface area contributed by atoms with Crippen LogP contribution in [0.25, 0.3) is 22.2 Å². The Morgan fingerprint density at radius 1 is 1.33 bits per heavy atom. The first-order valence-electron chi connectivity index (χ1n) is 6.30. The number of fused-ring (bicyclic) bond motifs is 1. The molecule has 6 heteroatoms. The molecule has 1 N–H and O–H groups in total. The standard InChI is InChI=1S/C15H12ClN3O2/c1-8-12(7-19(2)18-8)14-6-11(15(20)21)10-5-9(16)3-4-13(10)17-14/h3-7H,1-2H3,(H,20,21). The Bertz CT molecular complexity index is 871. The topological polar surface area (TPSA) is 68.0 Å². The molecule has 0 aliphatic rings. The van der Waals surface area contributed by atoms with Crippen LogP contribution in [-0.4, -0.2) is 25.8 Å². The number of halogens is 1. The van der Waals surface area contributed by atoms with Gasteiger partial charge in [0, 0.05) is 29.2 Å². The molecule has 21 heavy (non-hydrogen) atoms. The molecule has 0 saturated carbocycles. The molecule has 0 aliphatic carbocycles. The maximum Gasteiger partial charge on any atom is 0.336 e. The monoisotopic (exact) mass is 301 g/mol. The first-order chi connectivity index (χ1) is 9.95. The minimum absolute atomic E-state index is 0.181. The van der Waals surface area contributed by atoms with E-state index in [0.29, 0.717) is 21.6 Å². The van der Waals surface area contributed by atoms with Crippen LogP contribution < -0.4 is 0 Å². The summed E-state index contributed by atoms with van der Waals surface area (Å²) in [6.07, 6.45) is 1.82. The molecule has 3 aromatic rings. The van der Waals surface area contributed by atoms with Gasteiger partial charge < -0.3 is 5.11 Å². The molecule has 1 aromatic carbocycles. The van der Waals surface area contributed by atoms with Crippen LogP contribution in [0.2, 0.25) is 5.02 Å². The van der Waals surface area contributed by atoms with E-state index in [1.807, 2.05) is 20.2 Å². The van der Waals surface area contributed by atoms with E-state index < -0.39 is 5.97 Å². The third kappa shape index (κ3) is 2.36. The van der Waals surface area contributed by atoms with E-state index >= 15 is 0 Å². The zero-order valence-electron chi connectivity index (χ0n) is 11.5. The fourth-order valence-electron chi connectivity index (χ4n) is 2.36. The van der Waals surface area contributed by atoms with E-state index in [9.17, 15) is 9.90 Å². The van der Waals surface area contributed by atoms with Crippen LogP contribution in [0.1, 0.15) is 16.1 Å². The fourth-order valence-corrected chi connectivity index (χ4v) is 2.54. The van der Waals surface area contributed by atoms with Crippen LogP contribution >= 0.6 is 11.6 Å². The van der Waals surface area contributed by atoms with Crippen molar-refractivity contribution in [1.82, 2.24) is 14.8 Å². The SMILES string of the molecule is Cc1nn(C)cc1-c1cc(C(=O)O)c2cc(Cl)ccc2n1. The molecule has 3 rings (SSSR count). The second-order valence-corrected chi connectivity index (χ2v) is 5.26. The average molecular weight is 302 g/mol. The van der Waals surface area contributed by atoms with E-state index in [-0.39, 0.29) is 5.56 Å². The first-order valence-corrected chi connectivity index (χ1v) is 6.67. The Morgan fingerprint density at radius 3 is 2.71 bits per heavy atom. The third-order valence-electron chi connectivity index (χ3n) is 3.29.